The normalized spacial score (nSPS) is 12.0. The maximum absolute atomic E-state index is 10.9. The van der Waals surface area contributed by atoms with Gasteiger partial charge in [-0.3, -0.25) is 4.79 Å². The van der Waals surface area contributed by atoms with E-state index in [-0.39, 0.29) is 6.42 Å². The maximum atomic E-state index is 10.9. The molecule has 0 bridgehead atoms. The first-order valence-corrected chi connectivity index (χ1v) is 10.4. The number of benzene rings is 2. The van der Waals surface area contributed by atoms with Crippen molar-refractivity contribution in [3.8, 4) is 0 Å². The molecule has 0 aliphatic rings. The molecule has 24 heavy (non-hydrogen) atoms. The van der Waals surface area contributed by atoms with Crippen LogP contribution in [-0.4, -0.2) is 22.1 Å². The largest absolute Gasteiger partial charge is 0.481 e. The zero-order valence-corrected chi connectivity index (χ0v) is 15.4. The first-order chi connectivity index (χ1) is 11.7. The monoisotopic (exact) mass is 360 g/mol. The third kappa shape index (κ3) is 7.93. The molecule has 2 rings (SSSR count). The minimum atomic E-state index is -0.697. The highest BCUT2D eigenvalue weighted by Gasteiger charge is 2.12. The van der Waals surface area contributed by atoms with Crippen molar-refractivity contribution >= 4 is 29.5 Å². The SMILES string of the molecule is O=C(O)CC[C@H](CCSCc1ccccc1)SCc1ccccc1. The van der Waals surface area contributed by atoms with Crippen molar-refractivity contribution < 1.29 is 9.90 Å². The topological polar surface area (TPSA) is 37.3 Å². The van der Waals surface area contributed by atoms with E-state index in [0.29, 0.717) is 5.25 Å². The number of hydrogen-bond donors (Lipinski definition) is 1. The summed E-state index contributed by atoms with van der Waals surface area (Å²) in [5, 5.41) is 9.36. The Morgan fingerprint density at radius 2 is 1.46 bits per heavy atom. The summed E-state index contributed by atoms with van der Waals surface area (Å²) >= 11 is 3.82. The highest BCUT2D eigenvalue weighted by Crippen LogP contribution is 2.26. The molecule has 2 nitrogen and oxygen atoms in total. The zero-order valence-electron chi connectivity index (χ0n) is 13.8. The van der Waals surface area contributed by atoms with Crippen LogP contribution in [0.1, 0.15) is 30.4 Å². The van der Waals surface area contributed by atoms with E-state index in [4.69, 9.17) is 5.11 Å². The van der Waals surface area contributed by atoms with Crippen LogP contribution < -0.4 is 0 Å². The molecule has 0 heterocycles. The van der Waals surface area contributed by atoms with Crippen molar-refractivity contribution in [1.82, 2.24) is 0 Å². The van der Waals surface area contributed by atoms with Gasteiger partial charge in [-0.1, -0.05) is 60.7 Å². The summed E-state index contributed by atoms with van der Waals surface area (Å²) in [6.07, 6.45) is 2.07. The third-order valence-corrected chi connectivity index (χ3v) is 6.21. The summed E-state index contributed by atoms with van der Waals surface area (Å²) in [7, 11) is 0. The van der Waals surface area contributed by atoms with Crippen LogP contribution in [0.2, 0.25) is 0 Å². The summed E-state index contributed by atoms with van der Waals surface area (Å²) < 4.78 is 0. The lowest BCUT2D eigenvalue weighted by molar-refractivity contribution is -0.137. The molecular formula is C20H24O2S2. The summed E-state index contributed by atoms with van der Waals surface area (Å²) in [4.78, 5) is 10.9. The van der Waals surface area contributed by atoms with Crippen molar-refractivity contribution in [2.75, 3.05) is 5.75 Å². The Hall–Kier alpha value is -1.39. The first-order valence-electron chi connectivity index (χ1n) is 8.23. The van der Waals surface area contributed by atoms with E-state index in [9.17, 15) is 4.79 Å². The molecule has 0 aliphatic heterocycles. The molecule has 0 unspecified atom stereocenters. The van der Waals surface area contributed by atoms with Crippen LogP contribution >= 0.6 is 23.5 Å². The summed E-state index contributed by atoms with van der Waals surface area (Å²) in [5.74, 6) is 2.35. The Kier molecular flexibility index (Phi) is 8.85. The van der Waals surface area contributed by atoms with Crippen LogP contribution in [0.4, 0.5) is 0 Å². The smallest absolute Gasteiger partial charge is 0.303 e. The fraction of sp³-hybridized carbons (Fsp3) is 0.350. The fourth-order valence-corrected chi connectivity index (χ4v) is 4.73. The van der Waals surface area contributed by atoms with Crippen LogP contribution in [-0.2, 0) is 16.3 Å². The van der Waals surface area contributed by atoms with E-state index in [1.165, 1.54) is 11.1 Å². The average Bonchev–Trinajstić information content (AvgIpc) is 2.62. The molecule has 0 fully saturated rings. The third-order valence-electron chi connectivity index (χ3n) is 3.70. The Bertz CT molecular complexity index is 587. The lowest BCUT2D eigenvalue weighted by Crippen LogP contribution is -2.08. The van der Waals surface area contributed by atoms with E-state index < -0.39 is 5.97 Å². The Morgan fingerprint density at radius 3 is 2.04 bits per heavy atom. The minimum Gasteiger partial charge on any atom is -0.481 e. The van der Waals surface area contributed by atoms with Crippen molar-refractivity contribution in [3.63, 3.8) is 0 Å². The lowest BCUT2D eigenvalue weighted by atomic mass is 10.2. The maximum Gasteiger partial charge on any atom is 0.303 e. The molecule has 1 atom stereocenters. The molecule has 0 saturated heterocycles. The van der Waals surface area contributed by atoms with Crippen LogP contribution in [0.3, 0.4) is 0 Å². The zero-order chi connectivity index (χ0) is 17.0. The molecule has 0 aromatic heterocycles. The molecule has 2 aromatic carbocycles. The van der Waals surface area contributed by atoms with Crippen molar-refractivity contribution in [2.45, 2.75) is 36.0 Å². The van der Waals surface area contributed by atoms with E-state index in [1.54, 1.807) is 0 Å². The number of carboxylic acid groups (broad SMARTS) is 1. The Balaban J connectivity index is 1.74. The van der Waals surface area contributed by atoms with Gasteiger partial charge in [-0.25, -0.2) is 0 Å². The van der Waals surface area contributed by atoms with Crippen molar-refractivity contribution in [1.29, 1.82) is 0 Å². The van der Waals surface area contributed by atoms with Gasteiger partial charge in [0.1, 0.15) is 0 Å². The standard InChI is InChI=1S/C20H24O2S2/c21-20(22)12-11-19(24-16-18-9-5-2-6-10-18)13-14-23-15-17-7-3-1-4-8-17/h1-10,19H,11-16H2,(H,21,22)/t19-/m1/s1. The molecule has 128 valence electrons. The predicted octanol–water partition coefficient (Wildman–Crippen LogP) is 5.48. The number of carboxylic acids is 1. The molecule has 0 spiro atoms. The fourth-order valence-electron chi connectivity index (χ4n) is 2.36. The number of carbonyl (C=O) groups is 1. The highest BCUT2D eigenvalue weighted by atomic mass is 32.2. The van der Waals surface area contributed by atoms with Gasteiger partial charge in [0.25, 0.3) is 0 Å². The number of thioether (sulfide) groups is 2. The molecule has 0 amide bonds. The summed E-state index contributed by atoms with van der Waals surface area (Å²) in [6, 6.07) is 20.9. The Labute approximate surface area is 153 Å². The van der Waals surface area contributed by atoms with Gasteiger partial charge in [-0.2, -0.15) is 23.5 Å². The van der Waals surface area contributed by atoms with Crippen molar-refractivity contribution in [3.05, 3.63) is 71.8 Å². The molecule has 0 radical (unpaired) electrons. The predicted molar refractivity (Wildman–Crippen MR) is 106 cm³/mol. The number of aliphatic carboxylic acids is 1. The first kappa shape index (κ1) is 18.9. The van der Waals surface area contributed by atoms with Gasteiger partial charge in [0.15, 0.2) is 0 Å². The van der Waals surface area contributed by atoms with Gasteiger partial charge in [-0.05, 0) is 29.7 Å². The van der Waals surface area contributed by atoms with Crippen LogP contribution in [0.25, 0.3) is 0 Å². The van der Waals surface area contributed by atoms with E-state index in [1.807, 2.05) is 35.7 Å². The number of rotatable bonds is 11. The molecule has 4 heteroatoms. The van der Waals surface area contributed by atoms with Crippen LogP contribution in [0.5, 0.6) is 0 Å². The van der Waals surface area contributed by atoms with Gasteiger partial charge >= 0.3 is 5.97 Å². The summed E-state index contributed by atoms with van der Waals surface area (Å²) in [6.45, 7) is 0. The van der Waals surface area contributed by atoms with E-state index in [0.717, 1.165) is 30.1 Å². The van der Waals surface area contributed by atoms with E-state index in [2.05, 4.69) is 48.5 Å². The quantitative estimate of drug-likeness (QED) is 0.539. The minimum absolute atomic E-state index is 0.260. The molecule has 0 saturated carbocycles. The molecule has 1 N–H and O–H groups in total. The van der Waals surface area contributed by atoms with Gasteiger partial charge in [0.05, 0.1) is 0 Å². The second-order valence-corrected chi connectivity index (χ2v) is 8.07. The Morgan fingerprint density at radius 1 is 0.875 bits per heavy atom. The van der Waals surface area contributed by atoms with Gasteiger partial charge in [0.2, 0.25) is 0 Å². The second-order valence-electron chi connectivity index (χ2n) is 5.68. The molecule has 0 aliphatic carbocycles. The van der Waals surface area contributed by atoms with Crippen LogP contribution in [0, 0.1) is 0 Å². The van der Waals surface area contributed by atoms with E-state index >= 15 is 0 Å². The van der Waals surface area contributed by atoms with Gasteiger partial charge in [0, 0.05) is 23.2 Å². The van der Waals surface area contributed by atoms with Crippen LogP contribution in [0.15, 0.2) is 60.7 Å². The number of hydrogen-bond acceptors (Lipinski definition) is 3. The highest BCUT2D eigenvalue weighted by molar-refractivity contribution is 7.99. The second kappa shape index (κ2) is 11.2. The van der Waals surface area contributed by atoms with Crippen molar-refractivity contribution in [2.24, 2.45) is 0 Å². The molecular weight excluding hydrogens is 336 g/mol. The van der Waals surface area contributed by atoms with Gasteiger partial charge in [-0.15, -0.1) is 0 Å². The lowest BCUT2D eigenvalue weighted by Gasteiger charge is -2.15. The summed E-state index contributed by atoms with van der Waals surface area (Å²) in [5.41, 5.74) is 2.65. The molecule has 2 aromatic rings. The van der Waals surface area contributed by atoms with Gasteiger partial charge < -0.3 is 5.11 Å². The average molecular weight is 361 g/mol.